The smallest absolute Gasteiger partial charge is 0.213 e. The van der Waals surface area contributed by atoms with Crippen molar-refractivity contribution in [3.05, 3.63) is 97.9 Å². The normalized spacial score (nSPS) is 20.2. The fraction of sp³-hybridized carbons (Fsp3) is 0.174. The van der Waals surface area contributed by atoms with Gasteiger partial charge in [0.2, 0.25) is 6.23 Å². The molecule has 0 aromatic heterocycles. The Morgan fingerprint density at radius 2 is 1.75 bits per heavy atom. The SMILES string of the molecule is Cc1ccc(C2=NN3[C@@H](c4ccccc4)Oc4c(Br)cc(Br)cc4[C@@H]3C2)cc1. The number of fused-ring (bicyclic) bond motifs is 3. The molecular weight excluding hydrogens is 480 g/mol. The molecule has 0 amide bonds. The molecule has 2 aliphatic heterocycles. The Labute approximate surface area is 181 Å². The van der Waals surface area contributed by atoms with E-state index in [1.807, 2.05) is 24.3 Å². The Hall–Kier alpha value is -2.11. The summed E-state index contributed by atoms with van der Waals surface area (Å²) < 4.78 is 8.46. The molecule has 140 valence electrons. The summed E-state index contributed by atoms with van der Waals surface area (Å²) in [6.45, 7) is 2.11. The van der Waals surface area contributed by atoms with Crippen molar-refractivity contribution in [3.8, 4) is 5.75 Å². The second-order valence-electron chi connectivity index (χ2n) is 7.20. The number of rotatable bonds is 2. The molecule has 0 fully saturated rings. The second-order valence-corrected chi connectivity index (χ2v) is 8.97. The van der Waals surface area contributed by atoms with E-state index >= 15 is 0 Å². The van der Waals surface area contributed by atoms with E-state index in [2.05, 4.69) is 86.3 Å². The van der Waals surface area contributed by atoms with Gasteiger partial charge in [-0.3, -0.25) is 0 Å². The molecule has 2 atom stereocenters. The lowest BCUT2D eigenvalue weighted by Crippen LogP contribution is -2.33. The largest absolute Gasteiger partial charge is 0.463 e. The summed E-state index contributed by atoms with van der Waals surface area (Å²) in [6, 6.07) is 23.2. The molecule has 5 rings (SSSR count). The van der Waals surface area contributed by atoms with Crippen molar-refractivity contribution < 1.29 is 4.74 Å². The molecule has 0 spiro atoms. The zero-order valence-corrected chi connectivity index (χ0v) is 18.4. The van der Waals surface area contributed by atoms with E-state index in [0.717, 1.165) is 38.0 Å². The first kappa shape index (κ1) is 18.0. The molecule has 0 bridgehead atoms. The van der Waals surface area contributed by atoms with Gasteiger partial charge in [-0.1, -0.05) is 76.1 Å². The lowest BCUT2D eigenvalue weighted by atomic mass is 9.95. The summed E-state index contributed by atoms with van der Waals surface area (Å²) in [5.74, 6) is 0.902. The highest BCUT2D eigenvalue weighted by Crippen LogP contribution is 2.50. The van der Waals surface area contributed by atoms with E-state index in [-0.39, 0.29) is 12.3 Å². The van der Waals surface area contributed by atoms with Gasteiger partial charge in [0.1, 0.15) is 5.75 Å². The van der Waals surface area contributed by atoms with Crippen LogP contribution in [0.1, 0.15) is 40.9 Å². The van der Waals surface area contributed by atoms with Crippen LogP contribution in [0.5, 0.6) is 5.75 Å². The van der Waals surface area contributed by atoms with Crippen LogP contribution in [0.4, 0.5) is 0 Å². The minimum atomic E-state index is -0.251. The monoisotopic (exact) mass is 496 g/mol. The van der Waals surface area contributed by atoms with Crippen molar-refractivity contribution in [3.63, 3.8) is 0 Å². The third-order valence-corrected chi connectivity index (χ3v) is 6.32. The van der Waals surface area contributed by atoms with Crippen molar-refractivity contribution in [1.29, 1.82) is 0 Å². The Balaban J connectivity index is 1.63. The number of hydrogen-bond donors (Lipinski definition) is 0. The molecule has 0 saturated heterocycles. The zero-order chi connectivity index (χ0) is 19.3. The van der Waals surface area contributed by atoms with Crippen LogP contribution >= 0.6 is 31.9 Å². The van der Waals surface area contributed by atoms with Crippen LogP contribution in [0.15, 0.2) is 80.8 Å². The number of nitrogens with zero attached hydrogens (tertiary/aromatic N) is 2. The number of ether oxygens (including phenoxy) is 1. The first-order chi connectivity index (χ1) is 13.6. The van der Waals surface area contributed by atoms with E-state index in [1.54, 1.807) is 0 Å². The Morgan fingerprint density at radius 3 is 2.50 bits per heavy atom. The highest BCUT2D eigenvalue weighted by molar-refractivity contribution is 9.11. The number of halogens is 2. The summed E-state index contributed by atoms with van der Waals surface area (Å²) in [7, 11) is 0. The fourth-order valence-corrected chi connectivity index (χ4v) is 5.22. The number of hydrazone groups is 1. The summed E-state index contributed by atoms with van der Waals surface area (Å²) in [6.07, 6.45) is 0.602. The highest BCUT2D eigenvalue weighted by Gasteiger charge is 2.41. The molecule has 28 heavy (non-hydrogen) atoms. The van der Waals surface area contributed by atoms with Crippen molar-refractivity contribution in [2.45, 2.75) is 25.6 Å². The van der Waals surface area contributed by atoms with Crippen LogP contribution in [-0.2, 0) is 0 Å². The van der Waals surface area contributed by atoms with Gasteiger partial charge in [0.15, 0.2) is 0 Å². The molecule has 3 nitrogen and oxygen atoms in total. The average molecular weight is 498 g/mol. The molecular formula is C23H18Br2N2O. The minimum absolute atomic E-state index is 0.138. The molecule has 0 unspecified atom stereocenters. The minimum Gasteiger partial charge on any atom is -0.463 e. The van der Waals surface area contributed by atoms with Crippen LogP contribution in [0.3, 0.4) is 0 Å². The lowest BCUT2D eigenvalue weighted by Gasteiger charge is -2.38. The summed E-state index contributed by atoms with van der Waals surface area (Å²) in [5.41, 5.74) is 5.77. The van der Waals surface area contributed by atoms with E-state index in [0.29, 0.717) is 0 Å². The standard InChI is InChI=1S/C23H18Br2N2O/c1-14-7-9-15(10-8-14)20-13-21-18-11-17(24)12-19(25)22(18)28-23(27(21)26-20)16-5-3-2-4-6-16/h2-12,21,23H,13H2,1H3/t21-,23+/m0/s1. The first-order valence-corrected chi connectivity index (χ1v) is 10.8. The fourth-order valence-electron chi connectivity index (χ4n) is 3.87. The van der Waals surface area contributed by atoms with E-state index in [4.69, 9.17) is 9.84 Å². The summed E-state index contributed by atoms with van der Waals surface area (Å²) in [5, 5.41) is 7.14. The van der Waals surface area contributed by atoms with Gasteiger partial charge in [-0.05, 0) is 40.5 Å². The molecule has 5 heteroatoms. The van der Waals surface area contributed by atoms with Gasteiger partial charge in [0.05, 0.1) is 16.2 Å². The molecule has 3 aromatic rings. The third kappa shape index (κ3) is 3.07. The zero-order valence-electron chi connectivity index (χ0n) is 15.3. The predicted molar refractivity (Wildman–Crippen MR) is 119 cm³/mol. The van der Waals surface area contributed by atoms with Crippen molar-refractivity contribution >= 4 is 37.6 Å². The first-order valence-electron chi connectivity index (χ1n) is 9.23. The quantitative estimate of drug-likeness (QED) is 0.390. The Bertz CT molecular complexity index is 1060. The predicted octanol–water partition coefficient (Wildman–Crippen LogP) is 6.76. The molecule has 0 saturated carbocycles. The van der Waals surface area contributed by atoms with Gasteiger partial charge in [-0.25, -0.2) is 5.01 Å². The molecule has 3 aromatic carbocycles. The van der Waals surface area contributed by atoms with Crippen molar-refractivity contribution in [2.75, 3.05) is 0 Å². The number of aryl methyl sites for hydroxylation is 1. The van der Waals surface area contributed by atoms with E-state index in [1.165, 1.54) is 11.1 Å². The number of hydrogen-bond acceptors (Lipinski definition) is 3. The van der Waals surface area contributed by atoms with Gasteiger partial charge in [0, 0.05) is 22.0 Å². The third-order valence-electron chi connectivity index (χ3n) is 5.28. The summed E-state index contributed by atoms with van der Waals surface area (Å²) in [4.78, 5) is 0. The van der Waals surface area contributed by atoms with Crippen LogP contribution in [0.25, 0.3) is 0 Å². The van der Waals surface area contributed by atoms with Gasteiger partial charge in [-0.15, -0.1) is 0 Å². The highest BCUT2D eigenvalue weighted by atomic mass is 79.9. The average Bonchev–Trinajstić information content (AvgIpc) is 3.14. The molecule has 0 N–H and O–H groups in total. The Morgan fingerprint density at radius 1 is 1.00 bits per heavy atom. The maximum Gasteiger partial charge on any atom is 0.213 e. The van der Waals surface area contributed by atoms with Gasteiger partial charge in [0.25, 0.3) is 0 Å². The van der Waals surface area contributed by atoms with Gasteiger partial charge >= 0.3 is 0 Å². The van der Waals surface area contributed by atoms with Gasteiger partial charge in [-0.2, -0.15) is 5.10 Å². The van der Waals surface area contributed by atoms with Crippen molar-refractivity contribution in [2.24, 2.45) is 5.10 Å². The second kappa shape index (κ2) is 7.05. The maximum atomic E-state index is 6.47. The van der Waals surface area contributed by atoms with Crippen LogP contribution in [0, 0.1) is 6.92 Å². The molecule has 0 radical (unpaired) electrons. The Kier molecular flexibility index (Phi) is 4.52. The molecule has 0 aliphatic carbocycles. The van der Waals surface area contributed by atoms with Crippen molar-refractivity contribution in [1.82, 2.24) is 5.01 Å². The summed E-state index contributed by atoms with van der Waals surface area (Å²) >= 11 is 7.31. The number of benzene rings is 3. The van der Waals surface area contributed by atoms with E-state index in [9.17, 15) is 0 Å². The molecule has 2 heterocycles. The van der Waals surface area contributed by atoms with Crippen LogP contribution in [-0.4, -0.2) is 10.7 Å². The van der Waals surface area contributed by atoms with Crippen LogP contribution < -0.4 is 4.74 Å². The maximum absolute atomic E-state index is 6.47. The topological polar surface area (TPSA) is 24.8 Å². The van der Waals surface area contributed by atoms with E-state index < -0.39 is 0 Å². The van der Waals surface area contributed by atoms with Gasteiger partial charge < -0.3 is 4.74 Å². The van der Waals surface area contributed by atoms with Crippen LogP contribution in [0.2, 0.25) is 0 Å². The lowest BCUT2D eigenvalue weighted by molar-refractivity contribution is -0.0197. The molecule has 2 aliphatic rings.